The smallest absolute Gasteiger partial charge is 0.250 e. The summed E-state index contributed by atoms with van der Waals surface area (Å²) in [7, 11) is 1.74. The summed E-state index contributed by atoms with van der Waals surface area (Å²) in [5, 5.41) is 20.3. The van der Waals surface area contributed by atoms with Crippen molar-refractivity contribution in [1.82, 2.24) is 9.47 Å². The Kier molecular flexibility index (Phi) is 6.75. The number of aliphatic hydroxyl groups is 2. The Morgan fingerprint density at radius 1 is 1.09 bits per heavy atom. The van der Waals surface area contributed by atoms with E-state index >= 15 is 0 Å². The van der Waals surface area contributed by atoms with Crippen LogP contribution in [0.25, 0.3) is 11.1 Å². The van der Waals surface area contributed by atoms with Gasteiger partial charge in [0, 0.05) is 31.9 Å². The molecule has 2 heterocycles. The van der Waals surface area contributed by atoms with Crippen molar-refractivity contribution in [1.29, 1.82) is 0 Å². The molecule has 2 aromatic carbocycles. The van der Waals surface area contributed by atoms with E-state index in [0.29, 0.717) is 6.73 Å². The van der Waals surface area contributed by atoms with E-state index in [1.165, 1.54) is 0 Å². The minimum atomic E-state index is -1.28. The highest BCUT2D eigenvalue weighted by Gasteiger charge is 2.40. The number of aromatic nitrogens is 1. The molecule has 6 heteroatoms. The van der Waals surface area contributed by atoms with Gasteiger partial charge in [0.05, 0.1) is 18.2 Å². The van der Waals surface area contributed by atoms with Crippen LogP contribution in [0.2, 0.25) is 0 Å². The van der Waals surface area contributed by atoms with Crippen molar-refractivity contribution in [2.45, 2.75) is 37.5 Å². The van der Waals surface area contributed by atoms with Gasteiger partial charge in [0.15, 0.2) is 0 Å². The number of aliphatic hydroxyl groups excluding tert-OH is 1. The molecule has 0 saturated carbocycles. The first-order valence-corrected chi connectivity index (χ1v) is 11.5. The average molecular weight is 461 g/mol. The summed E-state index contributed by atoms with van der Waals surface area (Å²) < 4.78 is 7.95. The number of hydrogen-bond donors (Lipinski definition) is 2. The van der Waals surface area contributed by atoms with E-state index in [4.69, 9.17) is 4.74 Å². The van der Waals surface area contributed by atoms with Gasteiger partial charge in [-0.05, 0) is 48.2 Å². The van der Waals surface area contributed by atoms with Gasteiger partial charge < -0.3 is 24.4 Å². The molecule has 1 aliphatic rings. The molecule has 3 aromatic rings. The van der Waals surface area contributed by atoms with Gasteiger partial charge in [-0.1, -0.05) is 54.6 Å². The zero-order chi connectivity index (χ0) is 24.3. The zero-order valence-corrected chi connectivity index (χ0v) is 19.9. The minimum absolute atomic E-state index is 0.0346. The van der Waals surface area contributed by atoms with Crippen LogP contribution in [-0.2, 0) is 17.4 Å². The fourth-order valence-electron chi connectivity index (χ4n) is 4.35. The van der Waals surface area contributed by atoms with Crippen LogP contribution in [-0.4, -0.2) is 38.6 Å². The van der Waals surface area contributed by atoms with Crippen molar-refractivity contribution >= 4 is 0 Å². The molecule has 0 radical (unpaired) electrons. The van der Waals surface area contributed by atoms with Gasteiger partial charge in [-0.3, -0.25) is 4.79 Å². The maximum atomic E-state index is 12.0. The van der Waals surface area contributed by atoms with Gasteiger partial charge in [0.25, 0.3) is 5.56 Å². The fourth-order valence-corrected chi connectivity index (χ4v) is 4.35. The molecule has 0 bridgehead atoms. The second-order valence-electron chi connectivity index (χ2n) is 9.35. The lowest BCUT2D eigenvalue weighted by Gasteiger charge is -2.43. The van der Waals surface area contributed by atoms with E-state index < -0.39 is 11.2 Å². The van der Waals surface area contributed by atoms with Gasteiger partial charge in [-0.15, -0.1) is 0 Å². The van der Waals surface area contributed by atoms with Crippen LogP contribution in [0, 0.1) is 0 Å². The van der Waals surface area contributed by atoms with Crippen LogP contribution < -0.4 is 5.56 Å². The SMILES string of the molecule is C[C@@H](c1ccc(-c2ccn(C)c(=O)c2)cc1)N1C=C[C@@](CC(C)(O)CO)(c2ccccc2)OC1. The maximum absolute atomic E-state index is 12.0. The standard InChI is InChI=1S/C28H32N2O4/c1-21(22-9-11-23(12-10-22)24-13-15-29(3)26(32)17-24)30-16-14-28(34-20-30,18-27(2,33)19-31)25-7-5-4-6-8-25/h4-17,21,31,33H,18-20H2,1-3H3/t21-,27?,28+/m0/s1. The normalized spacial score (nSPS) is 20.7. The largest absolute Gasteiger partial charge is 0.393 e. The topological polar surface area (TPSA) is 74.9 Å². The molecule has 0 fully saturated rings. The number of hydrogen-bond acceptors (Lipinski definition) is 5. The lowest BCUT2D eigenvalue weighted by molar-refractivity contribution is -0.128. The first-order valence-electron chi connectivity index (χ1n) is 11.5. The van der Waals surface area contributed by atoms with E-state index in [0.717, 1.165) is 22.3 Å². The lowest BCUT2D eigenvalue weighted by atomic mass is 9.82. The van der Waals surface area contributed by atoms with Crippen LogP contribution in [0.15, 0.2) is 90.0 Å². The summed E-state index contributed by atoms with van der Waals surface area (Å²) in [6.07, 6.45) is 6.01. The van der Waals surface area contributed by atoms with E-state index in [1.807, 2.05) is 60.8 Å². The van der Waals surface area contributed by atoms with Gasteiger partial charge in [-0.25, -0.2) is 0 Å². The highest BCUT2D eigenvalue weighted by Crippen LogP contribution is 2.39. The van der Waals surface area contributed by atoms with Crippen LogP contribution >= 0.6 is 0 Å². The maximum Gasteiger partial charge on any atom is 0.250 e. The predicted molar refractivity (Wildman–Crippen MR) is 133 cm³/mol. The Hall–Kier alpha value is -3.19. The molecular weight excluding hydrogens is 428 g/mol. The zero-order valence-electron chi connectivity index (χ0n) is 19.9. The third-order valence-electron chi connectivity index (χ3n) is 6.58. The Morgan fingerprint density at radius 2 is 1.79 bits per heavy atom. The molecule has 1 unspecified atom stereocenters. The Bertz CT molecular complexity index is 1200. The van der Waals surface area contributed by atoms with Crippen molar-refractivity contribution in [3.63, 3.8) is 0 Å². The van der Waals surface area contributed by atoms with Crippen LogP contribution in [0.4, 0.5) is 0 Å². The number of nitrogens with zero attached hydrogens (tertiary/aromatic N) is 2. The van der Waals surface area contributed by atoms with E-state index in [-0.39, 0.29) is 24.6 Å². The predicted octanol–water partition coefficient (Wildman–Crippen LogP) is 3.95. The highest BCUT2D eigenvalue weighted by molar-refractivity contribution is 5.63. The summed E-state index contributed by atoms with van der Waals surface area (Å²) in [4.78, 5) is 14.1. The Labute approximate surface area is 200 Å². The molecule has 178 valence electrons. The van der Waals surface area contributed by atoms with Gasteiger partial charge >= 0.3 is 0 Å². The van der Waals surface area contributed by atoms with Crippen molar-refractivity contribution in [2.24, 2.45) is 7.05 Å². The summed E-state index contributed by atoms with van der Waals surface area (Å²) in [6.45, 7) is 3.72. The van der Waals surface area contributed by atoms with Gasteiger partial charge in [-0.2, -0.15) is 0 Å². The molecule has 1 aromatic heterocycles. The molecule has 0 aliphatic carbocycles. The molecule has 0 amide bonds. The van der Waals surface area contributed by atoms with Crippen LogP contribution in [0.1, 0.15) is 37.4 Å². The summed E-state index contributed by atoms with van der Waals surface area (Å²) in [6, 6.07) is 21.6. The fraction of sp³-hybridized carbons (Fsp3) is 0.321. The van der Waals surface area contributed by atoms with Crippen molar-refractivity contribution in [3.05, 3.63) is 107 Å². The third-order valence-corrected chi connectivity index (χ3v) is 6.58. The van der Waals surface area contributed by atoms with Gasteiger partial charge in [0.2, 0.25) is 0 Å². The van der Waals surface area contributed by atoms with E-state index in [9.17, 15) is 15.0 Å². The molecule has 6 nitrogen and oxygen atoms in total. The third kappa shape index (κ3) is 4.99. The second kappa shape index (κ2) is 9.58. The molecule has 2 N–H and O–H groups in total. The first-order chi connectivity index (χ1) is 16.2. The molecule has 4 rings (SSSR count). The Balaban J connectivity index is 1.55. The summed E-state index contributed by atoms with van der Waals surface area (Å²) >= 11 is 0. The van der Waals surface area contributed by atoms with Crippen molar-refractivity contribution in [2.75, 3.05) is 13.3 Å². The molecule has 3 atom stereocenters. The van der Waals surface area contributed by atoms with Crippen molar-refractivity contribution < 1.29 is 14.9 Å². The average Bonchev–Trinajstić information content (AvgIpc) is 2.86. The number of pyridine rings is 1. The number of aryl methyl sites for hydroxylation is 1. The monoisotopic (exact) mass is 460 g/mol. The molecule has 0 saturated heterocycles. The summed E-state index contributed by atoms with van der Waals surface area (Å²) in [5.41, 5.74) is 1.81. The quantitative estimate of drug-likeness (QED) is 0.559. The lowest BCUT2D eigenvalue weighted by Crippen LogP contribution is -2.45. The molecule has 1 aliphatic heterocycles. The van der Waals surface area contributed by atoms with Gasteiger partial charge in [0.1, 0.15) is 12.3 Å². The van der Waals surface area contributed by atoms with E-state index in [2.05, 4.69) is 24.0 Å². The van der Waals surface area contributed by atoms with E-state index in [1.54, 1.807) is 30.8 Å². The molecule has 34 heavy (non-hydrogen) atoms. The Morgan fingerprint density at radius 3 is 2.38 bits per heavy atom. The highest BCUT2D eigenvalue weighted by atomic mass is 16.5. The second-order valence-corrected chi connectivity index (χ2v) is 9.35. The first kappa shape index (κ1) is 24.0. The number of ether oxygens (including phenoxy) is 1. The molecule has 0 spiro atoms. The van der Waals surface area contributed by atoms with Crippen molar-refractivity contribution in [3.8, 4) is 11.1 Å². The summed E-state index contributed by atoms with van der Waals surface area (Å²) in [5.74, 6) is 0. The number of benzene rings is 2. The molecular formula is C28H32N2O4. The van der Waals surface area contributed by atoms with Crippen LogP contribution in [0.5, 0.6) is 0 Å². The number of rotatable bonds is 7. The minimum Gasteiger partial charge on any atom is -0.393 e. The van der Waals surface area contributed by atoms with Crippen LogP contribution in [0.3, 0.4) is 0 Å².